The Morgan fingerprint density at radius 1 is 1.36 bits per heavy atom. The number of furan rings is 1. The molecular weight excluding hydrogens is 144 g/mol. The van der Waals surface area contributed by atoms with E-state index >= 15 is 0 Å². The van der Waals surface area contributed by atoms with Gasteiger partial charge in [-0.3, -0.25) is 0 Å². The summed E-state index contributed by atoms with van der Waals surface area (Å²) in [5.41, 5.74) is 0. The lowest BCUT2D eigenvalue weighted by molar-refractivity contribution is 0.172. The number of hydrogen-bond donors (Lipinski definition) is 0. The van der Waals surface area contributed by atoms with Gasteiger partial charge in [-0.15, -0.1) is 0 Å². The number of ether oxygens (including phenoxy) is 2. The van der Waals surface area contributed by atoms with Crippen molar-refractivity contribution in [2.45, 2.75) is 13.3 Å². The van der Waals surface area contributed by atoms with Gasteiger partial charge in [-0.25, -0.2) is 0 Å². The SMILES string of the molecule is CCc1occ2c1OCCO2. The zero-order chi connectivity index (χ0) is 7.68. The van der Waals surface area contributed by atoms with Crippen LogP contribution in [-0.2, 0) is 6.42 Å². The Balaban J connectivity index is 2.38. The molecule has 3 heteroatoms. The molecule has 0 fully saturated rings. The Labute approximate surface area is 64.9 Å². The summed E-state index contributed by atoms with van der Waals surface area (Å²) in [7, 11) is 0. The molecule has 1 aliphatic rings. The molecule has 0 N–H and O–H groups in total. The highest BCUT2D eigenvalue weighted by Crippen LogP contribution is 2.35. The lowest BCUT2D eigenvalue weighted by atomic mass is 10.3. The van der Waals surface area contributed by atoms with Crippen molar-refractivity contribution >= 4 is 0 Å². The second kappa shape index (κ2) is 2.49. The van der Waals surface area contributed by atoms with Crippen LogP contribution in [0.5, 0.6) is 11.5 Å². The number of fused-ring (bicyclic) bond motifs is 1. The molecule has 0 saturated carbocycles. The molecule has 0 bridgehead atoms. The Bertz CT molecular complexity index is 238. The van der Waals surface area contributed by atoms with E-state index in [9.17, 15) is 0 Å². The molecule has 2 heterocycles. The minimum absolute atomic E-state index is 0.621. The van der Waals surface area contributed by atoms with Crippen LogP contribution in [0.2, 0.25) is 0 Å². The van der Waals surface area contributed by atoms with Crippen molar-refractivity contribution in [2.75, 3.05) is 13.2 Å². The molecule has 0 spiro atoms. The first-order valence-electron chi connectivity index (χ1n) is 3.77. The van der Waals surface area contributed by atoms with Gasteiger partial charge in [0.1, 0.15) is 25.2 Å². The first-order chi connectivity index (χ1) is 5.42. The largest absolute Gasteiger partial charge is 0.483 e. The van der Waals surface area contributed by atoms with Crippen LogP contribution in [0, 0.1) is 0 Å². The third-order valence-corrected chi connectivity index (χ3v) is 1.69. The average Bonchev–Trinajstić information content (AvgIpc) is 2.47. The summed E-state index contributed by atoms with van der Waals surface area (Å²) in [6.45, 7) is 3.27. The molecule has 0 amide bonds. The molecule has 1 aliphatic heterocycles. The van der Waals surface area contributed by atoms with Crippen LogP contribution in [0.1, 0.15) is 12.7 Å². The van der Waals surface area contributed by atoms with Crippen molar-refractivity contribution < 1.29 is 13.9 Å². The van der Waals surface area contributed by atoms with Gasteiger partial charge in [-0.2, -0.15) is 0 Å². The van der Waals surface area contributed by atoms with Crippen molar-refractivity contribution in [3.05, 3.63) is 12.0 Å². The maximum atomic E-state index is 5.37. The van der Waals surface area contributed by atoms with E-state index in [0.29, 0.717) is 13.2 Å². The highest BCUT2D eigenvalue weighted by atomic mass is 16.6. The Hall–Kier alpha value is -1.12. The molecule has 0 aromatic carbocycles. The standard InChI is InChI=1S/C8H10O3/c1-2-6-8-7(5-11-6)9-3-4-10-8/h5H,2-4H2,1H3. The molecule has 0 radical (unpaired) electrons. The van der Waals surface area contributed by atoms with Gasteiger partial charge in [0.05, 0.1) is 0 Å². The maximum absolute atomic E-state index is 5.37. The predicted octanol–water partition coefficient (Wildman–Crippen LogP) is 1.61. The molecule has 0 unspecified atom stereocenters. The third kappa shape index (κ3) is 0.964. The summed E-state index contributed by atoms with van der Waals surface area (Å²) in [5, 5.41) is 0. The molecule has 1 aromatic rings. The lowest BCUT2D eigenvalue weighted by Gasteiger charge is -2.13. The Morgan fingerprint density at radius 2 is 2.18 bits per heavy atom. The number of rotatable bonds is 1. The molecule has 60 valence electrons. The topological polar surface area (TPSA) is 31.6 Å². The molecule has 0 atom stereocenters. The summed E-state index contributed by atoms with van der Waals surface area (Å²) in [4.78, 5) is 0. The summed E-state index contributed by atoms with van der Waals surface area (Å²) in [6, 6.07) is 0. The van der Waals surface area contributed by atoms with Gasteiger partial charge >= 0.3 is 0 Å². The van der Waals surface area contributed by atoms with E-state index in [-0.39, 0.29) is 0 Å². The molecule has 0 aliphatic carbocycles. The van der Waals surface area contributed by atoms with Crippen molar-refractivity contribution in [1.29, 1.82) is 0 Å². The summed E-state index contributed by atoms with van der Waals surface area (Å²) in [5.74, 6) is 2.41. The fourth-order valence-electron chi connectivity index (χ4n) is 1.16. The normalized spacial score (nSPS) is 15.0. The van der Waals surface area contributed by atoms with E-state index in [1.807, 2.05) is 6.92 Å². The van der Waals surface area contributed by atoms with E-state index in [0.717, 1.165) is 23.7 Å². The zero-order valence-corrected chi connectivity index (χ0v) is 6.42. The van der Waals surface area contributed by atoms with Gasteiger partial charge < -0.3 is 13.9 Å². The van der Waals surface area contributed by atoms with E-state index in [1.165, 1.54) is 0 Å². The van der Waals surface area contributed by atoms with Crippen LogP contribution >= 0.6 is 0 Å². The molecule has 2 rings (SSSR count). The van der Waals surface area contributed by atoms with Crippen LogP contribution < -0.4 is 9.47 Å². The fraction of sp³-hybridized carbons (Fsp3) is 0.500. The van der Waals surface area contributed by atoms with Gasteiger partial charge in [0.2, 0.25) is 5.75 Å². The van der Waals surface area contributed by atoms with Crippen molar-refractivity contribution in [1.82, 2.24) is 0 Å². The molecule has 0 saturated heterocycles. The predicted molar refractivity (Wildman–Crippen MR) is 39.1 cm³/mol. The van der Waals surface area contributed by atoms with E-state index in [2.05, 4.69) is 0 Å². The molecule has 11 heavy (non-hydrogen) atoms. The van der Waals surface area contributed by atoms with Crippen molar-refractivity contribution in [3.8, 4) is 11.5 Å². The van der Waals surface area contributed by atoms with Gasteiger partial charge in [0.25, 0.3) is 0 Å². The van der Waals surface area contributed by atoms with Gasteiger partial charge in [0, 0.05) is 6.42 Å². The van der Waals surface area contributed by atoms with Crippen LogP contribution in [0.3, 0.4) is 0 Å². The Kier molecular flexibility index (Phi) is 1.49. The third-order valence-electron chi connectivity index (χ3n) is 1.69. The zero-order valence-electron chi connectivity index (χ0n) is 6.42. The van der Waals surface area contributed by atoms with Gasteiger partial charge in [0.15, 0.2) is 5.75 Å². The lowest BCUT2D eigenvalue weighted by Crippen LogP contribution is -2.14. The second-order valence-electron chi connectivity index (χ2n) is 2.40. The molecular formula is C8H10O3. The van der Waals surface area contributed by atoms with Crippen molar-refractivity contribution in [3.63, 3.8) is 0 Å². The smallest absolute Gasteiger partial charge is 0.203 e. The minimum atomic E-state index is 0.621. The van der Waals surface area contributed by atoms with Crippen molar-refractivity contribution in [2.24, 2.45) is 0 Å². The average molecular weight is 154 g/mol. The van der Waals surface area contributed by atoms with Crippen LogP contribution in [0.15, 0.2) is 10.7 Å². The first-order valence-corrected chi connectivity index (χ1v) is 3.77. The van der Waals surface area contributed by atoms with Crippen LogP contribution in [0.25, 0.3) is 0 Å². The maximum Gasteiger partial charge on any atom is 0.203 e. The van der Waals surface area contributed by atoms with E-state index < -0.39 is 0 Å². The summed E-state index contributed by atoms with van der Waals surface area (Å²) < 4.78 is 15.9. The van der Waals surface area contributed by atoms with Gasteiger partial charge in [-0.1, -0.05) is 6.92 Å². The monoisotopic (exact) mass is 154 g/mol. The molecule has 3 nitrogen and oxygen atoms in total. The van der Waals surface area contributed by atoms with E-state index in [1.54, 1.807) is 6.26 Å². The first kappa shape index (κ1) is 6.58. The number of hydrogen-bond acceptors (Lipinski definition) is 3. The second-order valence-corrected chi connectivity index (χ2v) is 2.40. The van der Waals surface area contributed by atoms with E-state index in [4.69, 9.17) is 13.9 Å². The Morgan fingerprint density at radius 3 is 3.00 bits per heavy atom. The molecule has 1 aromatic heterocycles. The summed E-state index contributed by atoms with van der Waals surface area (Å²) in [6.07, 6.45) is 2.45. The number of aryl methyl sites for hydroxylation is 1. The fourth-order valence-corrected chi connectivity index (χ4v) is 1.16. The summed E-state index contributed by atoms with van der Waals surface area (Å²) >= 11 is 0. The van der Waals surface area contributed by atoms with Gasteiger partial charge in [-0.05, 0) is 0 Å². The quantitative estimate of drug-likeness (QED) is 0.615. The highest BCUT2D eigenvalue weighted by molar-refractivity contribution is 5.42. The van der Waals surface area contributed by atoms with Crippen LogP contribution in [-0.4, -0.2) is 13.2 Å². The van der Waals surface area contributed by atoms with Crippen LogP contribution in [0.4, 0.5) is 0 Å². The highest BCUT2D eigenvalue weighted by Gasteiger charge is 2.18. The minimum Gasteiger partial charge on any atom is -0.483 e.